The maximum absolute atomic E-state index is 11.5. The first-order valence-corrected chi connectivity index (χ1v) is 6.29. The maximum atomic E-state index is 11.5. The lowest BCUT2D eigenvalue weighted by Crippen LogP contribution is -2.23. The third-order valence-corrected chi connectivity index (χ3v) is 2.85. The zero-order valence-corrected chi connectivity index (χ0v) is 12.3. The molecule has 1 aromatic carbocycles. The fraction of sp³-hybridized carbons (Fsp3) is 0.462. The smallest absolute Gasteiger partial charge is 0.277 e. The molecule has 0 aromatic heterocycles. The van der Waals surface area contributed by atoms with Gasteiger partial charge in [-0.15, -0.1) is 0 Å². The average molecular weight is 297 g/mol. The second kappa shape index (κ2) is 7.44. The Hall–Kier alpha value is -2.35. The highest BCUT2D eigenvalue weighted by molar-refractivity contribution is 5.75. The minimum Gasteiger partial charge on any atom is -0.493 e. The fourth-order valence-corrected chi connectivity index (χ4v) is 1.67. The molecule has 8 nitrogen and oxygen atoms in total. The van der Waals surface area contributed by atoms with Crippen LogP contribution in [0.5, 0.6) is 11.5 Å². The quantitative estimate of drug-likeness (QED) is 0.592. The molecule has 0 aliphatic rings. The molecule has 0 saturated carbocycles. The lowest BCUT2D eigenvalue weighted by molar-refractivity contribution is -0.385. The van der Waals surface area contributed by atoms with E-state index in [1.54, 1.807) is 14.1 Å². The molecule has 2 N–H and O–H groups in total. The van der Waals surface area contributed by atoms with Crippen LogP contribution >= 0.6 is 0 Å². The number of nitro groups is 1. The van der Waals surface area contributed by atoms with Crippen LogP contribution in [0.4, 0.5) is 5.69 Å². The summed E-state index contributed by atoms with van der Waals surface area (Å²) in [5.41, 5.74) is 5.71. The van der Waals surface area contributed by atoms with E-state index in [2.05, 4.69) is 0 Å². The Balaban J connectivity index is 2.92. The molecule has 116 valence electrons. The van der Waals surface area contributed by atoms with Gasteiger partial charge in [-0.2, -0.15) is 0 Å². The van der Waals surface area contributed by atoms with Gasteiger partial charge >= 0.3 is 0 Å². The van der Waals surface area contributed by atoms with E-state index in [-0.39, 0.29) is 36.9 Å². The van der Waals surface area contributed by atoms with Crippen LogP contribution in [0, 0.1) is 10.1 Å². The number of methoxy groups -OCH3 is 1. The van der Waals surface area contributed by atoms with E-state index >= 15 is 0 Å². The molecule has 0 unspecified atom stereocenters. The fourth-order valence-electron chi connectivity index (χ4n) is 1.67. The van der Waals surface area contributed by atoms with Crippen molar-refractivity contribution in [3.05, 3.63) is 27.8 Å². The van der Waals surface area contributed by atoms with Gasteiger partial charge in [-0.05, 0) is 6.07 Å². The number of amides is 1. The van der Waals surface area contributed by atoms with Crippen LogP contribution < -0.4 is 15.2 Å². The lowest BCUT2D eigenvalue weighted by Gasteiger charge is -2.13. The zero-order valence-electron chi connectivity index (χ0n) is 12.3. The maximum Gasteiger partial charge on any atom is 0.277 e. The van der Waals surface area contributed by atoms with Gasteiger partial charge in [-0.3, -0.25) is 14.9 Å². The normalized spacial score (nSPS) is 10.1. The molecular weight excluding hydrogens is 278 g/mol. The first-order chi connectivity index (χ1) is 9.90. The topological polar surface area (TPSA) is 108 Å². The Bertz CT molecular complexity index is 531. The largest absolute Gasteiger partial charge is 0.493 e. The van der Waals surface area contributed by atoms with E-state index in [9.17, 15) is 14.9 Å². The van der Waals surface area contributed by atoms with Crippen molar-refractivity contribution in [3.63, 3.8) is 0 Å². The van der Waals surface area contributed by atoms with Crippen molar-refractivity contribution < 1.29 is 19.2 Å². The van der Waals surface area contributed by atoms with Crippen LogP contribution in [-0.2, 0) is 11.3 Å². The molecule has 21 heavy (non-hydrogen) atoms. The average Bonchev–Trinajstić information content (AvgIpc) is 2.46. The van der Waals surface area contributed by atoms with Crippen LogP contribution in [-0.4, -0.2) is 43.5 Å². The standard InChI is InChI=1S/C13H19N3O5/c1-15(2)13(17)4-5-21-12-7-10(16(18)19)9(8-14)6-11(12)20-3/h6-7H,4-5,8,14H2,1-3H3. The van der Waals surface area contributed by atoms with Crippen molar-refractivity contribution in [3.8, 4) is 11.5 Å². The molecule has 8 heteroatoms. The predicted molar refractivity (Wildman–Crippen MR) is 76.3 cm³/mol. The first-order valence-electron chi connectivity index (χ1n) is 6.29. The van der Waals surface area contributed by atoms with Gasteiger partial charge in [0, 0.05) is 26.2 Å². The van der Waals surface area contributed by atoms with Gasteiger partial charge in [0.15, 0.2) is 11.5 Å². The van der Waals surface area contributed by atoms with Gasteiger partial charge in [0.1, 0.15) is 0 Å². The summed E-state index contributed by atoms with van der Waals surface area (Å²) in [4.78, 5) is 23.4. The number of nitrogens with two attached hydrogens (primary N) is 1. The number of benzene rings is 1. The third kappa shape index (κ3) is 4.32. The van der Waals surface area contributed by atoms with Crippen molar-refractivity contribution in [2.24, 2.45) is 5.73 Å². The van der Waals surface area contributed by atoms with Gasteiger partial charge in [-0.25, -0.2) is 0 Å². The van der Waals surface area contributed by atoms with E-state index in [1.165, 1.54) is 24.1 Å². The minimum atomic E-state index is -0.528. The Morgan fingerprint density at radius 2 is 2.05 bits per heavy atom. The Labute approximate surface area is 122 Å². The molecule has 0 aliphatic heterocycles. The molecule has 1 aromatic rings. The number of hydrogen-bond acceptors (Lipinski definition) is 6. The third-order valence-electron chi connectivity index (χ3n) is 2.85. The second-order valence-electron chi connectivity index (χ2n) is 4.48. The van der Waals surface area contributed by atoms with Gasteiger partial charge in [0.05, 0.1) is 31.1 Å². The monoisotopic (exact) mass is 297 g/mol. The van der Waals surface area contributed by atoms with Crippen molar-refractivity contribution in [1.82, 2.24) is 4.90 Å². The van der Waals surface area contributed by atoms with Gasteiger partial charge in [0.2, 0.25) is 5.91 Å². The number of nitrogens with zero attached hydrogens (tertiary/aromatic N) is 2. The summed E-state index contributed by atoms with van der Waals surface area (Å²) < 4.78 is 10.6. The summed E-state index contributed by atoms with van der Waals surface area (Å²) in [7, 11) is 4.72. The summed E-state index contributed by atoms with van der Waals surface area (Å²) >= 11 is 0. The van der Waals surface area contributed by atoms with Crippen LogP contribution in [0.2, 0.25) is 0 Å². The Morgan fingerprint density at radius 1 is 1.38 bits per heavy atom. The highest BCUT2D eigenvalue weighted by atomic mass is 16.6. The molecule has 0 fully saturated rings. The number of ether oxygens (including phenoxy) is 2. The molecule has 0 atom stereocenters. The summed E-state index contributed by atoms with van der Waals surface area (Å²) in [6.45, 7) is 0.124. The molecule has 0 aliphatic carbocycles. The van der Waals surface area contributed by atoms with E-state index < -0.39 is 4.92 Å². The number of carbonyl (C=O) groups excluding carboxylic acids is 1. The molecule has 0 spiro atoms. The molecule has 1 amide bonds. The molecule has 0 bridgehead atoms. The van der Waals surface area contributed by atoms with E-state index in [0.29, 0.717) is 11.3 Å². The molecule has 0 radical (unpaired) electrons. The van der Waals surface area contributed by atoms with Crippen molar-refractivity contribution in [1.29, 1.82) is 0 Å². The van der Waals surface area contributed by atoms with Gasteiger partial charge < -0.3 is 20.1 Å². The number of hydrogen-bond donors (Lipinski definition) is 1. The molecule has 0 saturated heterocycles. The second-order valence-corrected chi connectivity index (χ2v) is 4.48. The highest BCUT2D eigenvalue weighted by Crippen LogP contribution is 2.34. The van der Waals surface area contributed by atoms with E-state index in [0.717, 1.165) is 0 Å². The van der Waals surface area contributed by atoms with E-state index in [1.807, 2.05) is 0 Å². The highest BCUT2D eigenvalue weighted by Gasteiger charge is 2.19. The van der Waals surface area contributed by atoms with Gasteiger partial charge in [-0.1, -0.05) is 0 Å². The molecule has 0 heterocycles. The summed E-state index contributed by atoms with van der Waals surface area (Å²) in [5, 5.41) is 11.0. The predicted octanol–water partition coefficient (Wildman–Crippen LogP) is 0.919. The van der Waals surface area contributed by atoms with Crippen LogP contribution in [0.15, 0.2) is 12.1 Å². The molecular formula is C13H19N3O5. The number of nitro benzene ring substituents is 1. The first kappa shape index (κ1) is 16.7. The van der Waals surface area contributed by atoms with Crippen LogP contribution in [0.25, 0.3) is 0 Å². The zero-order chi connectivity index (χ0) is 16.0. The van der Waals surface area contributed by atoms with Crippen LogP contribution in [0.3, 0.4) is 0 Å². The SMILES string of the molecule is COc1cc(CN)c([N+](=O)[O-])cc1OCCC(=O)N(C)C. The Morgan fingerprint density at radius 3 is 2.52 bits per heavy atom. The lowest BCUT2D eigenvalue weighted by atomic mass is 10.1. The van der Waals surface area contributed by atoms with Crippen molar-refractivity contribution >= 4 is 11.6 Å². The molecule has 1 rings (SSSR count). The minimum absolute atomic E-state index is 0.0199. The summed E-state index contributed by atoms with van der Waals surface area (Å²) in [6, 6.07) is 2.74. The number of carbonyl (C=O) groups is 1. The number of rotatable bonds is 7. The van der Waals surface area contributed by atoms with Crippen molar-refractivity contribution in [2.45, 2.75) is 13.0 Å². The van der Waals surface area contributed by atoms with Crippen molar-refractivity contribution in [2.75, 3.05) is 27.8 Å². The summed E-state index contributed by atoms with van der Waals surface area (Å²) in [6.07, 6.45) is 0.169. The van der Waals surface area contributed by atoms with Crippen LogP contribution in [0.1, 0.15) is 12.0 Å². The van der Waals surface area contributed by atoms with E-state index in [4.69, 9.17) is 15.2 Å². The van der Waals surface area contributed by atoms with Gasteiger partial charge in [0.25, 0.3) is 5.69 Å². The summed E-state index contributed by atoms with van der Waals surface area (Å²) in [5.74, 6) is 0.466. The Kier molecular flexibility index (Phi) is 5.92.